The van der Waals surface area contributed by atoms with Gasteiger partial charge in [-0.1, -0.05) is 18.3 Å². The molecule has 0 unspecified atom stereocenters. The second-order valence-electron chi connectivity index (χ2n) is 4.10. The first-order valence-electron chi connectivity index (χ1n) is 5.78. The molecule has 0 amide bonds. The largest absolute Gasteiger partial charge is 0.497 e. The van der Waals surface area contributed by atoms with Gasteiger partial charge >= 0.3 is 0 Å². The number of aryl methyl sites for hydroxylation is 1. The summed E-state index contributed by atoms with van der Waals surface area (Å²) in [6, 6.07) is 11.3. The minimum absolute atomic E-state index is 0.360. The maximum atomic E-state index is 5.65. The van der Waals surface area contributed by atoms with E-state index in [9.17, 15) is 0 Å². The van der Waals surface area contributed by atoms with E-state index in [0.29, 0.717) is 10.8 Å². The summed E-state index contributed by atoms with van der Waals surface area (Å²) in [4.78, 5) is 4.76. The molecule has 0 bridgehead atoms. The summed E-state index contributed by atoms with van der Waals surface area (Å²) < 4.78 is 5.18. The standard InChI is InChI=1S/C14H15N3OS/c1-9-6-10(14(15)19)7-13(16-9)17-11-4-3-5-12(8-11)18-2/h3-8H,1-2H3,(H2,15,19)(H,16,17). The summed E-state index contributed by atoms with van der Waals surface area (Å²) in [5.41, 5.74) is 8.20. The summed E-state index contributed by atoms with van der Waals surface area (Å²) in [5, 5.41) is 3.21. The van der Waals surface area contributed by atoms with Gasteiger partial charge in [-0.2, -0.15) is 0 Å². The number of rotatable bonds is 4. The maximum Gasteiger partial charge on any atom is 0.131 e. The van der Waals surface area contributed by atoms with E-state index < -0.39 is 0 Å². The molecular weight excluding hydrogens is 258 g/mol. The lowest BCUT2D eigenvalue weighted by atomic mass is 10.2. The number of pyridine rings is 1. The molecule has 0 saturated carbocycles. The Morgan fingerprint density at radius 2 is 2.11 bits per heavy atom. The van der Waals surface area contributed by atoms with Crippen molar-refractivity contribution in [3.8, 4) is 5.75 Å². The topological polar surface area (TPSA) is 60.2 Å². The highest BCUT2D eigenvalue weighted by Gasteiger charge is 2.03. The molecule has 19 heavy (non-hydrogen) atoms. The number of nitrogens with one attached hydrogen (secondary N) is 1. The van der Waals surface area contributed by atoms with Crippen molar-refractivity contribution >= 4 is 28.7 Å². The first-order valence-corrected chi connectivity index (χ1v) is 6.19. The van der Waals surface area contributed by atoms with Crippen molar-refractivity contribution in [3.05, 3.63) is 47.7 Å². The van der Waals surface area contributed by atoms with Crippen molar-refractivity contribution in [1.29, 1.82) is 0 Å². The molecule has 0 aliphatic rings. The number of hydrogen-bond acceptors (Lipinski definition) is 4. The molecule has 4 nitrogen and oxygen atoms in total. The van der Waals surface area contributed by atoms with Crippen molar-refractivity contribution < 1.29 is 4.74 Å². The Kier molecular flexibility index (Phi) is 3.97. The quantitative estimate of drug-likeness (QED) is 0.839. The number of thiocarbonyl (C=S) groups is 1. The average molecular weight is 273 g/mol. The fraction of sp³-hybridized carbons (Fsp3) is 0.143. The molecule has 0 spiro atoms. The van der Waals surface area contributed by atoms with Crippen molar-refractivity contribution in [2.24, 2.45) is 5.73 Å². The van der Waals surface area contributed by atoms with E-state index in [1.54, 1.807) is 7.11 Å². The van der Waals surface area contributed by atoms with Crippen LogP contribution in [0.25, 0.3) is 0 Å². The van der Waals surface area contributed by atoms with Gasteiger partial charge in [-0.05, 0) is 31.2 Å². The van der Waals surface area contributed by atoms with E-state index in [-0.39, 0.29) is 0 Å². The van der Waals surface area contributed by atoms with Crippen LogP contribution in [-0.2, 0) is 0 Å². The van der Waals surface area contributed by atoms with Gasteiger partial charge in [-0.25, -0.2) is 4.98 Å². The van der Waals surface area contributed by atoms with Gasteiger partial charge in [0.1, 0.15) is 16.6 Å². The molecule has 0 atom stereocenters. The fourth-order valence-electron chi connectivity index (χ4n) is 1.72. The highest BCUT2D eigenvalue weighted by molar-refractivity contribution is 7.80. The normalized spacial score (nSPS) is 10.0. The van der Waals surface area contributed by atoms with Crippen LogP contribution in [0.2, 0.25) is 0 Å². The van der Waals surface area contributed by atoms with Crippen LogP contribution in [-0.4, -0.2) is 17.1 Å². The number of nitrogens with zero attached hydrogens (tertiary/aromatic N) is 1. The number of aromatic nitrogens is 1. The van der Waals surface area contributed by atoms with E-state index in [0.717, 1.165) is 22.7 Å². The van der Waals surface area contributed by atoms with Gasteiger partial charge in [-0.3, -0.25) is 0 Å². The van der Waals surface area contributed by atoms with Crippen LogP contribution in [0.3, 0.4) is 0 Å². The van der Waals surface area contributed by atoms with Crippen LogP contribution in [0.1, 0.15) is 11.3 Å². The fourth-order valence-corrected chi connectivity index (χ4v) is 1.84. The van der Waals surface area contributed by atoms with Gasteiger partial charge in [0.05, 0.1) is 7.11 Å². The van der Waals surface area contributed by atoms with Crippen LogP contribution >= 0.6 is 12.2 Å². The average Bonchev–Trinajstić information content (AvgIpc) is 2.38. The van der Waals surface area contributed by atoms with Gasteiger partial charge in [0.2, 0.25) is 0 Å². The lowest BCUT2D eigenvalue weighted by Crippen LogP contribution is -2.10. The van der Waals surface area contributed by atoms with Crippen LogP contribution in [0.5, 0.6) is 5.75 Å². The van der Waals surface area contributed by atoms with Crippen LogP contribution < -0.4 is 15.8 Å². The molecule has 2 aromatic rings. The number of nitrogens with two attached hydrogens (primary N) is 1. The molecule has 98 valence electrons. The third kappa shape index (κ3) is 3.42. The predicted molar refractivity (Wildman–Crippen MR) is 81.1 cm³/mol. The van der Waals surface area contributed by atoms with Gasteiger partial charge < -0.3 is 15.8 Å². The smallest absolute Gasteiger partial charge is 0.131 e. The zero-order valence-corrected chi connectivity index (χ0v) is 11.6. The Bertz CT molecular complexity index is 613. The van der Waals surface area contributed by atoms with E-state index in [2.05, 4.69) is 10.3 Å². The SMILES string of the molecule is COc1cccc(Nc2cc(C(N)=S)cc(C)n2)c1. The molecule has 0 aliphatic heterocycles. The maximum absolute atomic E-state index is 5.65. The third-order valence-electron chi connectivity index (χ3n) is 2.58. The van der Waals surface area contributed by atoms with Crippen molar-refractivity contribution in [2.45, 2.75) is 6.92 Å². The van der Waals surface area contributed by atoms with Crippen LogP contribution in [0.15, 0.2) is 36.4 Å². The minimum Gasteiger partial charge on any atom is -0.497 e. The molecule has 5 heteroatoms. The highest BCUT2D eigenvalue weighted by Crippen LogP contribution is 2.21. The first kappa shape index (κ1) is 13.3. The second-order valence-corrected chi connectivity index (χ2v) is 4.54. The Morgan fingerprint density at radius 3 is 2.79 bits per heavy atom. The lowest BCUT2D eigenvalue weighted by Gasteiger charge is -2.09. The molecule has 0 radical (unpaired) electrons. The van der Waals surface area contributed by atoms with E-state index in [1.807, 2.05) is 43.3 Å². The van der Waals surface area contributed by atoms with Gasteiger partial charge in [0, 0.05) is 23.0 Å². The number of benzene rings is 1. The number of hydrogen-bond donors (Lipinski definition) is 2. The summed E-state index contributed by atoms with van der Waals surface area (Å²) >= 11 is 4.99. The summed E-state index contributed by atoms with van der Waals surface area (Å²) in [6.45, 7) is 1.90. The Hall–Kier alpha value is -2.14. The van der Waals surface area contributed by atoms with Crippen LogP contribution in [0.4, 0.5) is 11.5 Å². The van der Waals surface area contributed by atoms with Gasteiger partial charge in [0.15, 0.2) is 0 Å². The molecule has 3 N–H and O–H groups in total. The molecule has 0 saturated heterocycles. The molecule has 0 fully saturated rings. The first-order chi connectivity index (χ1) is 9.08. The lowest BCUT2D eigenvalue weighted by molar-refractivity contribution is 0.415. The summed E-state index contributed by atoms with van der Waals surface area (Å²) in [5.74, 6) is 1.49. The molecular formula is C14H15N3OS. The van der Waals surface area contributed by atoms with Crippen LogP contribution in [0, 0.1) is 6.92 Å². The molecule has 1 aromatic heterocycles. The Morgan fingerprint density at radius 1 is 1.32 bits per heavy atom. The molecule has 1 heterocycles. The number of anilines is 2. The van der Waals surface area contributed by atoms with Crippen molar-refractivity contribution in [1.82, 2.24) is 4.98 Å². The summed E-state index contributed by atoms with van der Waals surface area (Å²) in [6.07, 6.45) is 0. The molecule has 0 aliphatic carbocycles. The van der Waals surface area contributed by atoms with Crippen molar-refractivity contribution in [2.75, 3.05) is 12.4 Å². The number of ether oxygens (including phenoxy) is 1. The Balaban J connectivity index is 2.29. The number of methoxy groups -OCH3 is 1. The zero-order valence-electron chi connectivity index (χ0n) is 10.8. The minimum atomic E-state index is 0.360. The van der Waals surface area contributed by atoms with E-state index in [1.165, 1.54) is 0 Å². The molecule has 2 rings (SSSR count). The van der Waals surface area contributed by atoms with Gasteiger partial charge in [-0.15, -0.1) is 0 Å². The van der Waals surface area contributed by atoms with E-state index >= 15 is 0 Å². The van der Waals surface area contributed by atoms with Crippen molar-refractivity contribution in [3.63, 3.8) is 0 Å². The second kappa shape index (κ2) is 5.67. The predicted octanol–water partition coefficient (Wildman–Crippen LogP) is 2.78. The summed E-state index contributed by atoms with van der Waals surface area (Å²) in [7, 11) is 1.63. The Labute approximate surface area is 117 Å². The molecule has 1 aromatic carbocycles. The zero-order chi connectivity index (χ0) is 13.8. The third-order valence-corrected chi connectivity index (χ3v) is 2.82. The van der Waals surface area contributed by atoms with E-state index in [4.69, 9.17) is 22.7 Å². The monoisotopic (exact) mass is 273 g/mol. The van der Waals surface area contributed by atoms with Gasteiger partial charge in [0.25, 0.3) is 0 Å². The highest BCUT2D eigenvalue weighted by atomic mass is 32.1.